The molecule has 1 unspecified atom stereocenters. The molecule has 1 fully saturated rings. The Morgan fingerprint density at radius 2 is 2.07 bits per heavy atom. The molecule has 0 aliphatic carbocycles. The Labute approximate surface area is 169 Å². The average Bonchev–Trinajstić information content (AvgIpc) is 3.17. The van der Waals surface area contributed by atoms with Crippen LogP contribution in [-0.4, -0.2) is 37.6 Å². The Kier molecular flexibility index (Phi) is 5.88. The number of ether oxygens (including phenoxy) is 1. The number of amides is 1. The number of methoxy groups -OCH3 is 1. The van der Waals surface area contributed by atoms with E-state index in [1.54, 1.807) is 18.4 Å². The van der Waals surface area contributed by atoms with Crippen molar-refractivity contribution in [2.45, 2.75) is 25.3 Å². The maximum atomic E-state index is 12.4. The van der Waals surface area contributed by atoms with Crippen LogP contribution >= 0.6 is 11.3 Å². The van der Waals surface area contributed by atoms with Gasteiger partial charge < -0.3 is 15.0 Å². The van der Waals surface area contributed by atoms with Crippen molar-refractivity contribution < 1.29 is 14.4 Å². The molecule has 2 N–H and O–H groups in total. The predicted octanol–water partition coefficient (Wildman–Crippen LogP) is 2.38. The van der Waals surface area contributed by atoms with E-state index in [1.165, 1.54) is 14.6 Å². The number of fused-ring (bicyclic) bond motifs is 1. The minimum Gasteiger partial charge on any atom is -0.497 e. The number of rotatable bonds is 6. The molecule has 2 aromatic carbocycles. The molecule has 1 aliphatic rings. The molecule has 4 rings (SSSR count). The fourth-order valence-corrected chi connectivity index (χ4v) is 4.92. The van der Waals surface area contributed by atoms with Crippen LogP contribution in [0.15, 0.2) is 48.5 Å². The Bertz CT molecular complexity index is 905. The van der Waals surface area contributed by atoms with Gasteiger partial charge in [-0.05, 0) is 42.7 Å². The minimum absolute atomic E-state index is 0.107. The lowest BCUT2D eigenvalue weighted by Crippen LogP contribution is -3.14. The fraction of sp³-hybridized carbons (Fsp3) is 0.364. The van der Waals surface area contributed by atoms with Crippen LogP contribution in [0.4, 0.5) is 0 Å². The number of hydrogen-bond acceptors (Lipinski definition) is 4. The molecule has 6 heteroatoms. The number of carbonyl (C=O) groups is 1. The van der Waals surface area contributed by atoms with E-state index in [0.29, 0.717) is 19.0 Å². The quantitative estimate of drug-likeness (QED) is 0.673. The van der Waals surface area contributed by atoms with Crippen molar-refractivity contribution in [1.29, 1.82) is 0 Å². The predicted molar refractivity (Wildman–Crippen MR) is 112 cm³/mol. The van der Waals surface area contributed by atoms with Crippen LogP contribution in [0.5, 0.6) is 5.75 Å². The number of quaternary nitrogens is 1. The molecule has 5 nitrogen and oxygen atoms in total. The van der Waals surface area contributed by atoms with Crippen molar-refractivity contribution in [2.75, 3.05) is 26.7 Å². The maximum absolute atomic E-state index is 12.4. The zero-order valence-corrected chi connectivity index (χ0v) is 16.9. The van der Waals surface area contributed by atoms with Gasteiger partial charge in [0, 0.05) is 6.54 Å². The number of hydrogen-bond donors (Lipinski definition) is 2. The lowest BCUT2D eigenvalue weighted by molar-refractivity contribution is -0.898. The average molecular weight is 397 g/mol. The molecule has 2 heterocycles. The molecule has 1 amide bonds. The van der Waals surface area contributed by atoms with E-state index in [9.17, 15) is 4.79 Å². The molecule has 146 valence electrons. The van der Waals surface area contributed by atoms with Crippen LogP contribution < -0.4 is 15.0 Å². The summed E-state index contributed by atoms with van der Waals surface area (Å²) in [7, 11) is 1.65. The first-order chi connectivity index (χ1) is 13.7. The number of nitrogens with zero attached hydrogens (tertiary/aromatic N) is 1. The summed E-state index contributed by atoms with van der Waals surface area (Å²) in [5, 5.41) is 4.27. The molecule has 0 radical (unpaired) electrons. The van der Waals surface area contributed by atoms with E-state index >= 15 is 0 Å². The molecule has 0 saturated carbocycles. The standard InChI is InChI=1S/C22H25N3O2S/c1-27-18-10-8-16(9-11-18)13-23-21(26)15-25-12-4-5-17(14-25)22-24-19-6-2-3-7-20(19)28-22/h2-3,6-11,17H,4-5,12-15H2,1H3,(H,23,26)/p+1/t17-/m1/s1. The van der Waals surface area contributed by atoms with Crippen molar-refractivity contribution >= 4 is 27.5 Å². The monoisotopic (exact) mass is 396 g/mol. The van der Waals surface area contributed by atoms with Crippen molar-refractivity contribution in [2.24, 2.45) is 0 Å². The third-order valence-corrected chi connectivity index (χ3v) is 6.54. The maximum Gasteiger partial charge on any atom is 0.275 e. The number of piperidine rings is 1. The Morgan fingerprint density at radius 1 is 1.25 bits per heavy atom. The number of thiazole rings is 1. The lowest BCUT2D eigenvalue weighted by atomic mass is 9.99. The van der Waals surface area contributed by atoms with Gasteiger partial charge in [-0.2, -0.15) is 0 Å². The van der Waals surface area contributed by atoms with Gasteiger partial charge in [-0.1, -0.05) is 24.3 Å². The topological polar surface area (TPSA) is 55.7 Å². The summed E-state index contributed by atoms with van der Waals surface area (Å²) in [6, 6.07) is 16.1. The molecule has 1 saturated heterocycles. The summed E-state index contributed by atoms with van der Waals surface area (Å²) < 4.78 is 6.42. The Hall–Kier alpha value is -2.44. The zero-order chi connectivity index (χ0) is 19.3. The van der Waals surface area contributed by atoms with Gasteiger partial charge in [0.05, 0.1) is 36.3 Å². The van der Waals surface area contributed by atoms with E-state index < -0.39 is 0 Å². The van der Waals surface area contributed by atoms with Gasteiger partial charge in [-0.15, -0.1) is 11.3 Å². The third kappa shape index (κ3) is 4.51. The molecule has 3 aromatic rings. The Morgan fingerprint density at radius 3 is 2.86 bits per heavy atom. The van der Waals surface area contributed by atoms with E-state index in [-0.39, 0.29) is 5.91 Å². The normalized spacial score (nSPS) is 19.5. The summed E-state index contributed by atoms with van der Waals surface area (Å²) in [5.41, 5.74) is 2.17. The van der Waals surface area contributed by atoms with E-state index in [4.69, 9.17) is 9.72 Å². The first kappa shape index (κ1) is 18.9. The molecule has 0 spiro atoms. The summed E-state index contributed by atoms with van der Waals surface area (Å²) in [4.78, 5) is 18.6. The van der Waals surface area contributed by atoms with E-state index in [1.807, 2.05) is 30.3 Å². The number of benzene rings is 2. The summed E-state index contributed by atoms with van der Waals surface area (Å²) in [5.74, 6) is 1.39. The van der Waals surface area contributed by atoms with Crippen LogP contribution in [0.2, 0.25) is 0 Å². The van der Waals surface area contributed by atoms with Gasteiger partial charge in [0.2, 0.25) is 0 Å². The zero-order valence-electron chi connectivity index (χ0n) is 16.1. The highest BCUT2D eigenvalue weighted by molar-refractivity contribution is 7.18. The number of aromatic nitrogens is 1. The Balaban J connectivity index is 1.30. The smallest absolute Gasteiger partial charge is 0.275 e. The second-order valence-corrected chi connectivity index (χ2v) is 8.43. The largest absolute Gasteiger partial charge is 0.497 e. The van der Waals surface area contributed by atoms with Gasteiger partial charge in [0.15, 0.2) is 6.54 Å². The molecule has 1 aliphatic heterocycles. The molecular weight excluding hydrogens is 370 g/mol. The van der Waals surface area contributed by atoms with Gasteiger partial charge in [0.25, 0.3) is 5.91 Å². The SMILES string of the molecule is COc1ccc(CNC(=O)C[NH+]2CCC[C@@H](c3nc4ccccc4s3)C2)cc1. The highest BCUT2D eigenvalue weighted by atomic mass is 32.1. The second kappa shape index (κ2) is 8.71. The van der Waals surface area contributed by atoms with Gasteiger partial charge in [-0.3, -0.25) is 4.79 Å². The van der Waals surface area contributed by atoms with Gasteiger partial charge >= 0.3 is 0 Å². The number of nitrogens with one attached hydrogen (secondary N) is 2. The number of likely N-dealkylation sites (tertiary alicyclic amines) is 1. The van der Waals surface area contributed by atoms with Crippen LogP contribution in [-0.2, 0) is 11.3 Å². The fourth-order valence-electron chi connectivity index (χ4n) is 3.82. The minimum atomic E-state index is 0.107. The summed E-state index contributed by atoms with van der Waals surface area (Å²) in [6.45, 7) is 3.11. The number of carbonyl (C=O) groups excluding carboxylic acids is 1. The summed E-state index contributed by atoms with van der Waals surface area (Å²) in [6.07, 6.45) is 2.30. The van der Waals surface area contributed by atoms with Crippen LogP contribution in [0, 0.1) is 0 Å². The van der Waals surface area contributed by atoms with E-state index in [0.717, 1.165) is 42.8 Å². The van der Waals surface area contributed by atoms with Crippen molar-refractivity contribution in [1.82, 2.24) is 10.3 Å². The van der Waals surface area contributed by atoms with Crippen LogP contribution in [0.25, 0.3) is 10.2 Å². The third-order valence-electron chi connectivity index (χ3n) is 5.34. The van der Waals surface area contributed by atoms with Gasteiger partial charge in [-0.25, -0.2) is 4.98 Å². The first-order valence-corrected chi connectivity index (χ1v) is 10.6. The lowest BCUT2D eigenvalue weighted by Gasteiger charge is -2.28. The highest BCUT2D eigenvalue weighted by Crippen LogP contribution is 2.30. The van der Waals surface area contributed by atoms with Gasteiger partial charge in [0.1, 0.15) is 10.8 Å². The van der Waals surface area contributed by atoms with Crippen molar-refractivity contribution in [3.8, 4) is 5.75 Å². The molecule has 0 bridgehead atoms. The second-order valence-electron chi connectivity index (χ2n) is 7.36. The molecule has 2 atom stereocenters. The van der Waals surface area contributed by atoms with Crippen LogP contribution in [0.1, 0.15) is 29.3 Å². The van der Waals surface area contributed by atoms with Crippen molar-refractivity contribution in [3.05, 3.63) is 59.1 Å². The van der Waals surface area contributed by atoms with Crippen molar-refractivity contribution in [3.63, 3.8) is 0 Å². The highest BCUT2D eigenvalue weighted by Gasteiger charge is 2.28. The summed E-state index contributed by atoms with van der Waals surface area (Å²) >= 11 is 1.80. The molecular formula is C22H26N3O2S+. The molecule has 28 heavy (non-hydrogen) atoms. The number of para-hydroxylation sites is 1. The van der Waals surface area contributed by atoms with Crippen LogP contribution in [0.3, 0.4) is 0 Å². The molecule has 1 aromatic heterocycles. The first-order valence-electron chi connectivity index (χ1n) is 9.80. The van der Waals surface area contributed by atoms with E-state index in [2.05, 4.69) is 23.5 Å².